The Morgan fingerprint density at radius 1 is 0.839 bits per heavy atom. The molecule has 0 saturated heterocycles. The summed E-state index contributed by atoms with van der Waals surface area (Å²) in [6.07, 6.45) is 0. The highest BCUT2D eigenvalue weighted by Crippen LogP contribution is 2.26. The molecular formula is C27H18N2O2. The molecule has 4 aromatic carbocycles. The first-order chi connectivity index (χ1) is 15.3. The van der Waals surface area contributed by atoms with E-state index in [0.29, 0.717) is 11.3 Å². The Balaban J connectivity index is 1.50. The molecule has 5 rings (SSSR count). The molecule has 0 aliphatic heterocycles. The number of ether oxygens (including phenoxy) is 1. The average Bonchev–Trinajstić information content (AvgIpc) is 3.20. The van der Waals surface area contributed by atoms with Crippen LogP contribution in [0.15, 0.2) is 97.1 Å². The van der Waals surface area contributed by atoms with Crippen LogP contribution in [0.1, 0.15) is 16.2 Å². The molecular weight excluding hydrogens is 384 g/mol. The first-order valence-electron chi connectivity index (χ1n) is 9.98. The van der Waals surface area contributed by atoms with Crippen molar-refractivity contribution in [1.29, 1.82) is 0 Å². The van der Waals surface area contributed by atoms with Crippen LogP contribution in [0.5, 0.6) is 5.75 Å². The smallest absolute Gasteiger partial charge is 0.308 e. The number of benzene rings is 4. The molecule has 4 nitrogen and oxygen atoms in total. The van der Waals surface area contributed by atoms with Crippen LogP contribution in [-0.4, -0.2) is 15.5 Å². The van der Waals surface area contributed by atoms with Gasteiger partial charge in [-0.05, 0) is 35.7 Å². The van der Waals surface area contributed by atoms with Gasteiger partial charge in [-0.3, -0.25) is 9.36 Å². The summed E-state index contributed by atoms with van der Waals surface area (Å²) in [7, 11) is 0. The number of hydrogen-bond acceptors (Lipinski definition) is 3. The molecule has 148 valence electrons. The maximum absolute atomic E-state index is 13.0. The number of carbonyl (C=O) groups excluding carboxylic acids is 1. The van der Waals surface area contributed by atoms with E-state index in [-0.39, 0.29) is 12.5 Å². The molecule has 0 fully saturated rings. The van der Waals surface area contributed by atoms with Gasteiger partial charge < -0.3 is 4.74 Å². The molecule has 4 heteroatoms. The van der Waals surface area contributed by atoms with Gasteiger partial charge in [0.2, 0.25) is 0 Å². The number of nitrogens with zero attached hydrogens (tertiary/aromatic N) is 2. The van der Waals surface area contributed by atoms with Gasteiger partial charge in [0.25, 0.3) is 0 Å². The second-order valence-electron chi connectivity index (χ2n) is 7.04. The first-order valence-corrected chi connectivity index (χ1v) is 9.98. The summed E-state index contributed by atoms with van der Waals surface area (Å²) in [4.78, 5) is 17.7. The van der Waals surface area contributed by atoms with Crippen molar-refractivity contribution in [2.24, 2.45) is 0 Å². The van der Waals surface area contributed by atoms with E-state index in [1.54, 1.807) is 0 Å². The number of rotatable bonds is 3. The van der Waals surface area contributed by atoms with Gasteiger partial charge in [-0.25, -0.2) is 4.98 Å². The van der Waals surface area contributed by atoms with Gasteiger partial charge in [0.1, 0.15) is 12.4 Å². The number of aromatic nitrogens is 2. The quantitative estimate of drug-likeness (QED) is 0.376. The molecule has 0 N–H and O–H groups in total. The summed E-state index contributed by atoms with van der Waals surface area (Å²) in [5.41, 5.74) is 2.23. The molecule has 0 radical (unpaired) electrons. The lowest BCUT2D eigenvalue weighted by atomic mass is 10.1. The van der Waals surface area contributed by atoms with Crippen molar-refractivity contribution in [2.75, 3.05) is 0 Å². The summed E-state index contributed by atoms with van der Waals surface area (Å²) in [5.74, 6) is 6.60. The van der Waals surface area contributed by atoms with Crippen LogP contribution in [0.25, 0.3) is 21.8 Å². The topological polar surface area (TPSA) is 44.1 Å². The van der Waals surface area contributed by atoms with Crippen LogP contribution < -0.4 is 4.74 Å². The van der Waals surface area contributed by atoms with Gasteiger partial charge in [-0.15, -0.1) is 0 Å². The van der Waals surface area contributed by atoms with E-state index >= 15 is 0 Å². The van der Waals surface area contributed by atoms with Crippen LogP contribution in [0.3, 0.4) is 0 Å². The minimum atomic E-state index is -0.339. The largest absolute Gasteiger partial charge is 0.485 e. The zero-order chi connectivity index (χ0) is 21.0. The normalized spacial score (nSPS) is 10.6. The molecule has 0 atom stereocenters. The highest BCUT2D eigenvalue weighted by molar-refractivity contribution is 6.02. The number of hydrogen-bond donors (Lipinski definition) is 0. The molecule has 1 heterocycles. The van der Waals surface area contributed by atoms with Gasteiger partial charge in [0.05, 0.1) is 11.0 Å². The Labute approximate surface area is 179 Å². The third kappa shape index (κ3) is 3.77. The molecule has 31 heavy (non-hydrogen) atoms. The minimum absolute atomic E-state index is 0.154. The van der Waals surface area contributed by atoms with Crippen LogP contribution in [0.2, 0.25) is 0 Å². The number of imidazole rings is 1. The second kappa shape index (κ2) is 8.17. The number of carbonyl (C=O) groups is 1. The SMILES string of the molecule is O=C(C#Cc1ccccc1)n1c(COc2cccc3ccccc23)nc2ccccc21. The van der Waals surface area contributed by atoms with Crippen LogP contribution in [-0.2, 0) is 6.61 Å². The van der Waals surface area contributed by atoms with Crippen LogP contribution in [0.4, 0.5) is 0 Å². The Morgan fingerprint density at radius 2 is 1.58 bits per heavy atom. The highest BCUT2D eigenvalue weighted by atomic mass is 16.5. The summed E-state index contributed by atoms with van der Waals surface area (Å²) in [6.45, 7) is 0.154. The van der Waals surface area contributed by atoms with Crippen LogP contribution >= 0.6 is 0 Å². The summed E-state index contributed by atoms with van der Waals surface area (Å²) in [5, 5.41) is 2.11. The summed E-state index contributed by atoms with van der Waals surface area (Å²) < 4.78 is 7.64. The van der Waals surface area contributed by atoms with Gasteiger partial charge in [0, 0.05) is 16.9 Å². The van der Waals surface area contributed by atoms with Crippen molar-refractivity contribution in [3.8, 4) is 17.6 Å². The van der Waals surface area contributed by atoms with Gasteiger partial charge in [-0.2, -0.15) is 0 Å². The maximum atomic E-state index is 13.0. The zero-order valence-corrected chi connectivity index (χ0v) is 16.7. The Kier molecular flexibility index (Phi) is 4.92. The van der Waals surface area contributed by atoms with E-state index in [1.807, 2.05) is 97.1 Å². The Morgan fingerprint density at radius 3 is 2.48 bits per heavy atom. The zero-order valence-electron chi connectivity index (χ0n) is 16.7. The third-order valence-electron chi connectivity index (χ3n) is 5.03. The minimum Gasteiger partial charge on any atom is -0.485 e. The summed E-state index contributed by atoms with van der Waals surface area (Å²) >= 11 is 0. The van der Waals surface area contributed by atoms with Crippen molar-refractivity contribution >= 4 is 27.7 Å². The predicted molar refractivity (Wildman–Crippen MR) is 122 cm³/mol. The summed E-state index contributed by atoms with van der Waals surface area (Å²) in [6, 6.07) is 30.9. The molecule has 0 amide bonds. The molecule has 0 unspecified atom stereocenters. The van der Waals surface area contributed by atoms with Crippen LogP contribution in [0, 0.1) is 11.8 Å². The lowest BCUT2D eigenvalue weighted by Crippen LogP contribution is -2.14. The van der Waals surface area contributed by atoms with Crippen molar-refractivity contribution in [2.45, 2.75) is 6.61 Å². The molecule has 1 aromatic heterocycles. The van der Waals surface area contributed by atoms with Crippen molar-refractivity contribution in [3.05, 3.63) is 108 Å². The maximum Gasteiger partial charge on any atom is 0.308 e. The lowest BCUT2D eigenvalue weighted by molar-refractivity contribution is 0.0976. The fraction of sp³-hybridized carbons (Fsp3) is 0.0370. The first kappa shape index (κ1) is 18.7. The molecule has 0 saturated carbocycles. The molecule has 0 aliphatic carbocycles. The monoisotopic (exact) mass is 402 g/mol. The van der Waals surface area contributed by atoms with E-state index < -0.39 is 0 Å². The Hall–Kier alpha value is -4.36. The van der Waals surface area contributed by atoms with Gasteiger partial charge >= 0.3 is 5.91 Å². The highest BCUT2D eigenvalue weighted by Gasteiger charge is 2.16. The van der Waals surface area contributed by atoms with E-state index in [9.17, 15) is 4.79 Å². The Bertz CT molecular complexity index is 1450. The fourth-order valence-corrected chi connectivity index (χ4v) is 3.57. The standard InChI is InChI=1S/C27H18N2O2/c30-27(18-17-20-9-2-1-3-10-20)29-24-15-7-6-14-23(24)28-26(29)19-31-25-16-8-12-21-11-4-5-13-22(21)25/h1-16H,19H2. The van der Waals surface area contributed by atoms with E-state index in [0.717, 1.165) is 27.6 Å². The molecule has 0 spiro atoms. The molecule has 5 aromatic rings. The van der Waals surface area contributed by atoms with Gasteiger partial charge in [-0.1, -0.05) is 72.7 Å². The van der Waals surface area contributed by atoms with E-state index in [1.165, 1.54) is 4.57 Å². The second-order valence-corrected chi connectivity index (χ2v) is 7.04. The molecule has 0 bridgehead atoms. The average molecular weight is 402 g/mol. The van der Waals surface area contributed by atoms with Crippen molar-refractivity contribution in [3.63, 3.8) is 0 Å². The van der Waals surface area contributed by atoms with Crippen molar-refractivity contribution < 1.29 is 9.53 Å². The van der Waals surface area contributed by atoms with Gasteiger partial charge in [0.15, 0.2) is 5.82 Å². The van der Waals surface area contributed by atoms with E-state index in [2.05, 4.69) is 16.8 Å². The van der Waals surface area contributed by atoms with Crippen molar-refractivity contribution in [1.82, 2.24) is 9.55 Å². The third-order valence-corrected chi connectivity index (χ3v) is 5.03. The predicted octanol–water partition coefficient (Wildman–Crippen LogP) is 5.46. The lowest BCUT2D eigenvalue weighted by Gasteiger charge is -2.09. The number of para-hydroxylation sites is 2. The fourth-order valence-electron chi connectivity index (χ4n) is 3.57. The molecule has 0 aliphatic rings. The van der Waals surface area contributed by atoms with E-state index in [4.69, 9.17) is 4.74 Å². The number of fused-ring (bicyclic) bond motifs is 2.